The molecule has 4 heteroatoms. The van der Waals surface area contributed by atoms with Gasteiger partial charge in [0.1, 0.15) is 5.54 Å². The van der Waals surface area contributed by atoms with Gasteiger partial charge in [-0.15, -0.1) is 0 Å². The summed E-state index contributed by atoms with van der Waals surface area (Å²) < 4.78 is 0. The van der Waals surface area contributed by atoms with Crippen molar-refractivity contribution in [1.82, 2.24) is 10.2 Å². The van der Waals surface area contributed by atoms with Gasteiger partial charge in [-0.1, -0.05) is 30.3 Å². The van der Waals surface area contributed by atoms with Gasteiger partial charge in [0.05, 0.1) is 0 Å². The molecule has 0 bridgehead atoms. The second-order valence-corrected chi connectivity index (χ2v) is 6.60. The minimum atomic E-state index is -0.964. The van der Waals surface area contributed by atoms with E-state index >= 15 is 0 Å². The molecule has 0 radical (unpaired) electrons. The third-order valence-corrected chi connectivity index (χ3v) is 5.00. The predicted octanol–water partition coefficient (Wildman–Crippen LogP) is 1.60. The van der Waals surface area contributed by atoms with E-state index in [-0.39, 0.29) is 11.9 Å². The van der Waals surface area contributed by atoms with Crippen LogP contribution < -0.4 is 11.1 Å². The standard InChI is InChI=1S/C17H25N3O/c1-17(18,13-6-3-2-4-7-13)16(21)19-14-9-11-20-10-5-8-15(20)12-14/h2-4,6-7,14-15H,5,8-12,18H2,1H3,(H,19,21). The van der Waals surface area contributed by atoms with E-state index in [0.29, 0.717) is 6.04 Å². The average molecular weight is 287 g/mol. The number of benzene rings is 1. The molecule has 2 aliphatic heterocycles. The lowest BCUT2D eigenvalue weighted by atomic mass is 9.90. The number of piperidine rings is 1. The highest BCUT2D eigenvalue weighted by atomic mass is 16.2. The van der Waals surface area contributed by atoms with E-state index < -0.39 is 5.54 Å². The molecule has 0 aliphatic carbocycles. The Morgan fingerprint density at radius 3 is 2.81 bits per heavy atom. The van der Waals surface area contributed by atoms with Crippen molar-refractivity contribution in [3.05, 3.63) is 35.9 Å². The predicted molar refractivity (Wildman–Crippen MR) is 83.7 cm³/mol. The van der Waals surface area contributed by atoms with Crippen LogP contribution in [-0.4, -0.2) is 36.0 Å². The van der Waals surface area contributed by atoms with Crippen molar-refractivity contribution in [2.24, 2.45) is 5.73 Å². The number of nitrogens with two attached hydrogens (primary N) is 1. The first-order valence-electron chi connectivity index (χ1n) is 7.97. The van der Waals surface area contributed by atoms with E-state index in [4.69, 9.17) is 5.73 Å². The van der Waals surface area contributed by atoms with Crippen LogP contribution in [0.5, 0.6) is 0 Å². The SMILES string of the molecule is CC(N)(C(=O)NC1CCN2CCCC2C1)c1ccccc1. The van der Waals surface area contributed by atoms with Crippen molar-refractivity contribution in [2.75, 3.05) is 13.1 Å². The van der Waals surface area contributed by atoms with E-state index in [9.17, 15) is 4.79 Å². The molecule has 1 aromatic carbocycles. The van der Waals surface area contributed by atoms with Crippen molar-refractivity contribution in [3.63, 3.8) is 0 Å². The third-order valence-electron chi connectivity index (χ3n) is 5.00. The van der Waals surface area contributed by atoms with Crippen LogP contribution >= 0.6 is 0 Å². The zero-order valence-corrected chi connectivity index (χ0v) is 12.7. The van der Waals surface area contributed by atoms with Crippen LogP contribution in [0.15, 0.2) is 30.3 Å². The van der Waals surface area contributed by atoms with Crippen LogP contribution in [0.3, 0.4) is 0 Å². The van der Waals surface area contributed by atoms with Gasteiger partial charge in [-0.2, -0.15) is 0 Å². The van der Waals surface area contributed by atoms with Gasteiger partial charge in [0, 0.05) is 18.6 Å². The third kappa shape index (κ3) is 2.97. The maximum absolute atomic E-state index is 12.6. The summed E-state index contributed by atoms with van der Waals surface area (Å²) in [4.78, 5) is 15.1. The van der Waals surface area contributed by atoms with Gasteiger partial charge in [-0.3, -0.25) is 4.79 Å². The fraction of sp³-hybridized carbons (Fsp3) is 0.588. The number of hydrogen-bond donors (Lipinski definition) is 2. The van der Waals surface area contributed by atoms with Crippen LogP contribution in [0.4, 0.5) is 0 Å². The molecular formula is C17H25N3O. The molecule has 3 unspecified atom stereocenters. The Morgan fingerprint density at radius 2 is 2.05 bits per heavy atom. The molecule has 3 atom stereocenters. The first-order chi connectivity index (χ1) is 10.1. The zero-order valence-electron chi connectivity index (χ0n) is 12.7. The van der Waals surface area contributed by atoms with Crippen molar-refractivity contribution in [2.45, 2.75) is 50.2 Å². The van der Waals surface area contributed by atoms with Crippen molar-refractivity contribution in [1.29, 1.82) is 0 Å². The quantitative estimate of drug-likeness (QED) is 0.888. The lowest BCUT2D eigenvalue weighted by Crippen LogP contribution is -2.55. The van der Waals surface area contributed by atoms with Gasteiger partial charge >= 0.3 is 0 Å². The van der Waals surface area contributed by atoms with E-state index in [1.807, 2.05) is 30.3 Å². The number of rotatable bonds is 3. The summed E-state index contributed by atoms with van der Waals surface area (Å²) in [5.74, 6) is -0.0647. The second kappa shape index (κ2) is 5.78. The monoisotopic (exact) mass is 287 g/mol. The fourth-order valence-electron chi connectivity index (χ4n) is 3.61. The summed E-state index contributed by atoms with van der Waals surface area (Å²) in [6, 6.07) is 10.5. The Hall–Kier alpha value is -1.39. The van der Waals surface area contributed by atoms with Gasteiger partial charge in [0.2, 0.25) is 5.91 Å². The number of nitrogens with one attached hydrogen (secondary N) is 1. The molecule has 1 amide bonds. The van der Waals surface area contributed by atoms with Crippen molar-refractivity contribution >= 4 is 5.91 Å². The maximum Gasteiger partial charge on any atom is 0.244 e. The Bertz CT molecular complexity index is 500. The summed E-state index contributed by atoms with van der Waals surface area (Å²) in [6.45, 7) is 4.12. The van der Waals surface area contributed by atoms with E-state index in [2.05, 4.69) is 10.2 Å². The zero-order chi connectivity index (χ0) is 14.9. The number of amides is 1. The molecular weight excluding hydrogens is 262 g/mol. The van der Waals surface area contributed by atoms with Crippen molar-refractivity contribution in [3.8, 4) is 0 Å². The summed E-state index contributed by atoms with van der Waals surface area (Å²) in [5.41, 5.74) is 6.18. The number of nitrogens with zero attached hydrogens (tertiary/aromatic N) is 1. The number of fused-ring (bicyclic) bond motifs is 1. The highest BCUT2D eigenvalue weighted by Gasteiger charge is 2.36. The van der Waals surface area contributed by atoms with Gasteiger partial charge in [-0.25, -0.2) is 0 Å². The Morgan fingerprint density at radius 1 is 1.29 bits per heavy atom. The van der Waals surface area contributed by atoms with Gasteiger partial charge < -0.3 is 16.0 Å². The smallest absolute Gasteiger partial charge is 0.244 e. The molecule has 3 rings (SSSR count). The van der Waals surface area contributed by atoms with Gasteiger partial charge in [-0.05, 0) is 44.7 Å². The summed E-state index contributed by atoms with van der Waals surface area (Å²) in [5, 5.41) is 3.18. The largest absolute Gasteiger partial charge is 0.351 e. The molecule has 0 saturated carbocycles. The molecule has 0 aromatic heterocycles. The average Bonchev–Trinajstić information content (AvgIpc) is 2.95. The summed E-state index contributed by atoms with van der Waals surface area (Å²) in [7, 11) is 0. The normalized spacial score (nSPS) is 28.7. The Labute approximate surface area is 126 Å². The van der Waals surface area contributed by atoms with Crippen LogP contribution in [0.1, 0.15) is 38.2 Å². The van der Waals surface area contributed by atoms with E-state index in [0.717, 1.165) is 24.9 Å². The lowest BCUT2D eigenvalue weighted by Gasteiger charge is -2.36. The Balaban J connectivity index is 1.63. The maximum atomic E-state index is 12.6. The number of carbonyl (C=O) groups excluding carboxylic acids is 1. The highest BCUT2D eigenvalue weighted by molar-refractivity contribution is 5.87. The first kappa shape index (κ1) is 14.5. The summed E-state index contributed by atoms with van der Waals surface area (Å²) in [6.07, 6.45) is 4.67. The highest BCUT2D eigenvalue weighted by Crippen LogP contribution is 2.27. The van der Waals surface area contributed by atoms with Crippen LogP contribution in [0.2, 0.25) is 0 Å². The fourth-order valence-corrected chi connectivity index (χ4v) is 3.61. The topological polar surface area (TPSA) is 58.4 Å². The van der Waals surface area contributed by atoms with Crippen molar-refractivity contribution < 1.29 is 4.79 Å². The molecule has 2 saturated heterocycles. The van der Waals surface area contributed by atoms with Gasteiger partial charge in [0.25, 0.3) is 0 Å². The van der Waals surface area contributed by atoms with Crippen LogP contribution in [0.25, 0.3) is 0 Å². The molecule has 0 spiro atoms. The molecule has 114 valence electrons. The number of carbonyl (C=O) groups is 1. The van der Waals surface area contributed by atoms with Crippen LogP contribution in [0, 0.1) is 0 Å². The molecule has 4 nitrogen and oxygen atoms in total. The Kier molecular flexibility index (Phi) is 4.00. The molecule has 2 heterocycles. The molecule has 2 fully saturated rings. The number of hydrogen-bond acceptors (Lipinski definition) is 3. The van der Waals surface area contributed by atoms with E-state index in [1.165, 1.54) is 19.4 Å². The lowest BCUT2D eigenvalue weighted by molar-refractivity contribution is -0.127. The molecule has 2 aliphatic rings. The van der Waals surface area contributed by atoms with Gasteiger partial charge in [0.15, 0.2) is 0 Å². The first-order valence-corrected chi connectivity index (χ1v) is 7.97. The summed E-state index contributed by atoms with van der Waals surface area (Å²) >= 11 is 0. The molecule has 21 heavy (non-hydrogen) atoms. The minimum absolute atomic E-state index is 0.0647. The second-order valence-electron chi connectivity index (χ2n) is 6.60. The molecule has 3 N–H and O–H groups in total. The molecule has 1 aromatic rings. The minimum Gasteiger partial charge on any atom is -0.351 e. The van der Waals surface area contributed by atoms with Crippen LogP contribution in [-0.2, 0) is 10.3 Å². The van der Waals surface area contributed by atoms with E-state index in [1.54, 1.807) is 6.92 Å².